The minimum atomic E-state index is -0.163. The summed E-state index contributed by atoms with van der Waals surface area (Å²) in [7, 11) is 1.84. The lowest BCUT2D eigenvalue weighted by molar-refractivity contribution is 0.0780. The standard InChI is InChI=1S/C24H27N5O3/c1-15-12-21-25-16(2)13-22(30)29(21)26-23(15)28-10-7-18(8-11-28)32-19-4-5-20-17(14-19)6-9-27(3)24(20)31/h4-5,12-14,18H,6-11H2,1-3H3. The van der Waals surface area contributed by atoms with E-state index < -0.39 is 0 Å². The summed E-state index contributed by atoms with van der Waals surface area (Å²) < 4.78 is 7.64. The molecule has 1 aromatic carbocycles. The minimum Gasteiger partial charge on any atom is -0.490 e. The number of aryl methyl sites for hydroxylation is 2. The molecule has 0 unspecified atom stereocenters. The van der Waals surface area contributed by atoms with Crippen molar-refractivity contribution >= 4 is 17.4 Å². The summed E-state index contributed by atoms with van der Waals surface area (Å²) in [6.07, 6.45) is 2.69. The highest BCUT2D eigenvalue weighted by atomic mass is 16.5. The lowest BCUT2D eigenvalue weighted by Crippen LogP contribution is -2.39. The molecule has 0 atom stereocenters. The number of benzene rings is 1. The van der Waals surface area contributed by atoms with E-state index in [0.29, 0.717) is 11.3 Å². The van der Waals surface area contributed by atoms with Crippen LogP contribution < -0.4 is 15.2 Å². The van der Waals surface area contributed by atoms with Crippen LogP contribution >= 0.6 is 0 Å². The SMILES string of the molecule is Cc1cc(=O)n2nc(N3CCC(Oc4ccc5c(c4)CCN(C)C5=O)CC3)c(C)cc2n1. The van der Waals surface area contributed by atoms with Gasteiger partial charge in [-0.1, -0.05) is 0 Å². The molecule has 3 aromatic rings. The zero-order chi connectivity index (χ0) is 22.4. The normalized spacial score (nSPS) is 17.0. The summed E-state index contributed by atoms with van der Waals surface area (Å²) in [6, 6.07) is 9.23. The van der Waals surface area contributed by atoms with Crippen molar-refractivity contribution in [2.24, 2.45) is 0 Å². The predicted octanol–water partition coefficient (Wildman–Crippen LogP) is 2.38. The smallest absolute Gasteiger partial charge is 0.274 e. The highest BCUT2D eigenvalue weighted by Gasteiger charge is 2.25. The van der Waals surface area contributed by atoms with Gasteiger partial charge in [0.15, 0.2) is 11.5 Å². The number of ether oxygens (including phenoxy) is 1. The summed E-state index contributed by atoms with van der Waals surface area (Å²) >= 11 is 0. The molecular weight excluding hydrogens is 406 g/mol. The molecule has 4 heterocycles. The Kier molecular flexibility index (Phi) is 5.07. The van der Waals surface area contributed by atoms with Gasteiger partial charge in [0.05, 0.1) is 0 Å². The summed E-state index contributed by atoms with van der Waals surface area (Å²) in [6.45, 7) is 6.15. The second-order valence-corrected chi connectivity index (χ2v) is 8.76. The fraction of sp³-hybridized carbons (Fsp3) is 0.417. The third kappa shape index (κ3) is 3.70. The zero-order valence-corrected chi connectivity index (χ0v) is 18.7. The van der Waals surface area contributed by atoms with E-state index in [-0.39, 0.29) is 17.6 Å². The fourth-order valence-corrected chi connectivity index (χ4v) is 4.58. The Hall–Kier alpha value is -3.42. The van der Waals surface area contributed by atoms with Crippen molar-refractivity contribution in [3.8, 4) is 5.75 Å². The highest BCUT2D eigenvalue weighted by molar-refractivity contribution is 5.96. The maximum absolute atomic E-state index is 12.3. The lowest BCUT2D eigenvalue weighted by atomic mass is 9.99. The number of anilines is 1. The van der Waals surface area contributed by atoms with Gasteiger partial charge in [-0.25, -0.2) is 4.98 Å². The van der Waals surface area contributed by atoms with Crippen molar-refractivity contribution in [3.05, 3.63) is 63.1 Å². The van der Waals surface area contributed by atoms with Gasteiger partial charge in [-0.2, -0.15) is 4.52 Å². The van der Waals surface area contributed by atoms with E-state index in [1.54, 1.807) is 4.90 Å². The van der Waals surface area contributed by atoms with Crippen molar-refractivity contribution in [2.45, 2.75) is 39.2 Å². The first-order valence-electron chi connectivity index (χ1n) is 11.1. The summed E-state index contributed by atoms with van der Waals surface area (Å²) in [5.41, 5.74) is 3.95. The van der Waals surface area contributed by atoms with E-state index >= 15 is 0 Å². The quantitative estimate of drug-likeness (QED) is 0.631. The van der Waals surface area contributed by atoms with E-state index in [0.717, 1.165) is 67.2 Å². The van der Waals surface area contributed by atoms with Crippen LogP contribution in [0.3, 0.4) is 0 Å². The van der Waals surface area contributed by atoms with Gasteiger partial charge in [-0.15, -0.1) is 5.10 Å². The molecule has 32 heavy (non-hydrogen) atoms. The summed E-state index contributed by atoms with van der Waals surface area (Å²) in [4.78, 5) is 33.0. The van der Waals surface area contributed by atoms with Gasteiger partial charge < -0.3 is 14.5 Å². The Bertz CT molecular complexity index is 1260. The van der Waals surface area contributed by atoms with Crippen molar-refractivity contribution in [3.63, 3.8) is 0 Å². The number of carbonyl (C=O) groups is 1. The molecule has 2 aromatic heterocycles. The number of fused-ring (bicyclic) bond motifs is 2. The van der Waals surface area contributed by atoms with Gasteiger partial charge in [0.25, 0.3) is 11.5 Å². The van der Waals surface area contributed by atoms with Crippen molar-refractivity contribution in [2.75, 3.05) is 31.6 Å². The molecule has 1 fully saturated rings. The average molecular weight is 434 g/mol. The van der Waals surface area contributed by atoms with Crippen LogP contribution in [0.15, 0.2) is 35.1 Å². The molecule has 2 aliphatic heterocycles. The molecule has 0 bridgehead atoms. The molecule has 1 amide bonds. The van der Waals surface area contributed by atoms with Crippen LogP contribution in [0.4, 0.5) is 5.82 Å². The highest BCUT2D eigenvalue weighted by Crippen LogP contribution is 2.27. The van der Waals surface area contributed by atoms with Crippen LogP contribution in [0.5, 0.6) is 5.75 Å². The average Bonchev–Trinajstić information content (AvgIpc) is 2.76. The van der Waals surface area contributed by atoms with E-state index in [9.17, 15) is 9.59 Å². The molecule has 1 saturated heterocycles. The number of likely N-dealkylation sites (N-methyl/N-ethyl adjacent to an activating group) is 1. The maximum atomic E-state index is 12.3. The number of amides is 1. The van der Waals surface area contributed by atoms with Crippen molar-refractivity contribution in [1.29, 1.82) is 0 Å². The number of hydrogen-bond acceptors (Lipinski definition) is 6. The van der Waals surface area contributed by atoms with Gasteiger partial charge >= 0.3 is 0 Å². The molecular formula is C24H27N5O3. The Balaban J connectivity index is 1.28. The van der Waals surface area contributed by atoms with E-state index in [4.69, 9.17) is 4.74 Å². The Labute approximate surface area is 186 Å². The molecule has 0 N–H and O–H groups in total. The summed E-state index contributed by atoms with van der Waals surface area (Å²) in [5.74, 6) is 1.72. The number of rotatable bonds is 3. The lowest BCUT2D eigenvalue weighted by Gasteiger charge is -2.34. The Morgan fingerprint density at radius 1 is 1.03 bits per heavy atom. The Morgan fingerprint density at radius 3 is 2.59 bits per heavy atom. The predicted molar refractivity (Wildman–Crippen MR) is 122 cm³/mol. The van der Waals surface area contributed by atoms with Gasteiger partial charge in [0, 0.05) is 56.8 Å². The van der Waals surface area contributed by atoms with E-state index in [1.807, 2.05) is 45.2 Å². The molecule has 0 aliphatic carbocycles. The maximum Gasteiger partial charge on any atom is 0.274 e. The van der Waals surface area contributed by atoms with Gasteiger partial charge in [0.1, 0.15) is 11.9 Å². The molecule has 8 nitrogen and oxygen atoms in total. The second kappa shape index (κ2) is 7.93. The number of nitrogens with zero attached hydrogens (tertiary/aromatic N) is 5. The third-order valence-corrected chi connectivity index (χ3v) is 6.36. The molecule has 166 valence electrons. The first-order valence-corrected chi connectivity index (χ1v) is 11.1. The van der Waals surface area contributed by atoms with Crippen LogP contribution in [0.2, 0.25) is 0 Å². The monoisotopic (exact) mass is 433 g/mol. The van der Waals surface area contributed by atoms with Crippen LogP contribution in [0.1, 0.15) is 40.0 Å². The first-order chi connectivity index (χ1) is 15.4. The molecule has 5 rings (SSSR count). The van der Waals surface area contributed by atoms with Crippen LogP contribution in [0.25, 0.3) is 5.65 Å². The second-order valence-electron chi connectivity index (χ2n) is 8.76. The van der Waals surface area contributed by atoms with Gasteiger partial charge in [-0.05, 0) is 55.7 Å². The minimum absolute atomic E-state index is 0.0776. The third-order valence-electron chi connectivity index (χ3n) is 6.36. The van der Waals surface area contributed by atoms with E-state index in [1.165, 1.54) is 10.6 Å². The number of carbonyl (C=O) groups excluding carboxylic acids is 1. The number of hydrogen-bond donors (Lipinski definition) is 0. The van der Waals surface area contributed by atoms with Crippen LogP contribution in [-0.4, -0.2) is 58.2 Å². The molecule has 0 radical (unpaired) electrons. The van der Waals surface area contributed by atoms with Gasteiger partial charge in [-0.3, -0.25) is 9.59 Å². The molecule has 0 spiro atoms. The largest absolute Gasteiger partial charge is 0.490 e. The van der Waals surface area contributed by atoms with Gasteiger partial charge in [0.2, 0.25) is 0 Å². The molecule has 0 saturated carbocycles. The van der Waals surface area contributed by atoms with Crippen molar-refractivity contribution in [1.82, 2.24) is 19.5 Å². The number of aromatic nitrogens is 3. The summed E-state index contributed by atoms with van der Waals surface area (Å²) in [5, 5.41) is 4.60. The fourth-order valence-electron chi connectivity index (χ4n) is 4.58. The molecule has 2 aliphatic rings. The molecule has 8 heteroatoms. The zero-order valence-electron chi connectivity index (χ0n) is 18.7. The first kappa shape index (κ1) is 20.5. The number of piperidine rings is 1. The topological polar surface area (TPSA) is 80.0 Å². The van der Waals surface area contributed by atoms with E-state index in [2.05, 4.69) is 15.0 Å². The van der Waals surface area contributed by atoms with Crippen LogP contribution in [-0.2, 0) is 6.42 Å². The van der Waals surface area contributed by atoms with Crippen molar-refractivity contribution < 1.29 is 9.53 Å². The Morgan fingerprint density at radius 2 is 1.81 bits per heavy atom. The van der Waals surface area contributed by atoms with Crippen LogP contribution in [0, 0.1) is 13.8 Å².